The lowest BCUT2D eigenvalue weighted by Crippen LogP contribution is -2.20. The summed E-state index contributed by atoms with van der Waals surface area (Å²) < 4.78 is 13.6. The topological polar surface area (TPSA) is 49.3 Å². The van der Waals surface area contributed by atoms with Crippen molar-refractivity contribution >= 4 is 5.97 Å². The van der Waals surface area contributed by atoms with E-state index in [0.717, 1.165) is 0 Å². The van der Waals surface area contributed by atoms with Gasteiger partial charge in [-0.1, -0.05) is 36.4 Å². The SMILES string of the molecule is CC(NCc1ccccc1C(=O)O)c1ccccc1F. The summed E-state index contributed by atoms with van der Waals surface area (Å²) in [7, 11) is 0. The number of hydrogen-bond donors (Lipinski definition) is 2. The van der Waals surface area contributed by atoms with E-state index in [-0.39, 0.29) is 17.4 Å². The molecule has 2 rings (SSSR count). The van der Waals surface area contributed by atoms with Crippen LogP contribution in [0.4, 0.5) is 4.39 Å². The molecule has 0 aliphatic rings. The Morgan fingerprint density at radius 1 is 1.20 bits per heavy atom. The summed E-state index contributed by atoms with van der Waals surface area (Å²) in [5.74, 6) is -1.22. The van der Waals surface area contributed by atoms with E-state index in [9.17, 15) is 9.18 Å². The predicted molar refractivity (Wildman–Crippen MR) is 75.1 cm³/mol. The Bertz CT molecular complexity index is 613. The maximum Gasteiger partial charge on any atom is 0.336 e. The minimum Gasteiger partial charge on any atom is -0.478 e. The Morgan fingerprint density at radius 3 is 2.55 bits per heavy atom. The zero-order valence-corrected chi connectivity index (χ0v) is 11.1. The number of halogens is 1. The molecule has 0 spiro atoms. The van der Waals surface area contributed by atoms with E-state index in [0.29, 0.717) is 17.7 Å². The fraction of sp³-hybridized carbons (Fsp3) is 0.188. The Hall–Kier alpha value is -2.20. The van der Waals surface area contributed by atoms with Crippen molar-refractivity contribution in [1.29, 1.82) is 0 Å². The Kier molecular flexibility index (Phi) is 4.48. The molecule has 0 heterocycles. The quantitative estimate of drug-likeness (QED) is 0.878. The highest BCUT2D eigenvalue weighted by Gasteiger charge is 2.12. The molecule has 1 atom stereocenters. The van der Waals surface area contributed by atoms with E-state index < -0.39 is 5.97 Å². The van der Waals surface area contributed by atoms with Crippen LogP contribution in [-0.4, -0.2) is 11.1 Å². The van der Waals surface area contributed by atoms with E-state index in [2.05, 4.69) is 5.32 Å². The van der Waals surface area contributed by atoms with Crippen LogP contribution in [0.5, 0.6) is 0 Å². The van der Waals surface area contributed by atoms with E-state index in [1.165, 1.54) is 6.07 Å². The molecule has 0 saturated carbocycles. The van der Waals surface area contributed by atoms with E-state index in [1.807, 2.05) is 6.92 Å². The third-order valence-corrected chi connectivity index (χ3v) is 3.22. The second kappa shape index (κ2) is 6.30. The molecule has 20 heavy (non-hydrogen) atoms. The van der Waals surface area contributed by atoms with Crippen molar-refractivity contribution in [2.75, 3.05) is 0 Å². The molecule has 0 saturated heterocycles. The predicted octanol–water partition coefficient (Wildman–Crippen LogP) is 3.37. The second-order valence-electron chi connectivity index (χ2n) is 4.59. The lowest BCUT2D eigenvalue weighted by atomic mass is 10.1. The zero-order valence-electron chi connectivity index (χ0n) is 11.1. The van der Waals surface area contributed by atoms with Gasteiger partial charge in [-0.3, -0.25) is 0 Å². The first kappa shape index (κ1) is 14.2. The summed E-state index contributed by atoms with van der Waals surface area (Å²) in [6, 6.07) is 13.2. The standard InChI is InChI=1S/C16H16FNO2/c1-11(13-7-4-5-9-15(13)17)18-10-12-6-2-3-8-14(12)16(19)20/h2-9,11,18H,10H2,1H3,(H,19,20). The number of hydrogen-bond acceptors (Lipinski definition) is 2. The van der Waals surface area contributed by atoms with Crippen LogP contribution in [0.25, 0.3) is 0 Å². The van der Waals surface area contributed by atoms with Gasteiger partial charge in [0.1, 0.15) is 5.82 Å². The molecule has 104 valence electrons. The zero-order chi connectivity index (χ0) is 14.5. The van der Waals surface area contributed by atoms with Crippen LogP contribution in [0.1, 0.15) is 34.5 Å². The van der Waals surface area contributed by atoms with Crippen LogP contribution < -0.4 is 5.32 Å². The molecule has 2 aromatic rings. The van der Waals surface area contributed by atoms with Gasteiger partial charge >= 0.3 is 5.97 Å². The molecule has 0 aliphatic heterocycles. The largest absolute Gasteiger partial charge is 0.478 e. The second-order valence-corrected chi connectivity index (χ2v) is 4.59. The molecule has 0 bridgehead atoms. The number of carboxylic acid groups (broad SMARTS) is 1. The van der Waals surface area contributed by atoms with Crippen LogP contribution in [0, 0.1) is 5.82 Å². The smallest absolute Gasteiger partial charge is 0.336 e. The monoisotopic (exact) mass is 273 g/mol. The molecule has 2 aromatic carbocycles. The number of rotatable bonds is 5. The number of carbonyl (C=O) groups is 1. The average molecular weight is 273 g/mol. The first-order valence-corrected chi connectivity index (χ1v) is 6.38. The summed E-state index contributed by atoms with van der Waals surface area (Å²) in [6.45, 7) is 2.22. The maximum atomic E-state index is 13.6. The van der Waals surface area contributed by atoms with Crippen molar-refractivity contribution in [1.82, 2.24) is 5.32 Å². The van der Waals surface area contributed by atoms with Gasteiger partial charge in [0, 0.05) is 18.2 Å². The van der Waals surface area contributed by atoms with E-state index in [1.54, 1.807) is 42.5 Å². The van der Waals surface area contributed by atoms with Crippen molar-refractivity contribution in [2.45, 2.75) is 19.5 Å². The lowest BCUT2D eigenvalue weighted by Gasteiger charge is -2.16. The Balaban J connectivity index is 2.10. The van der Waals surface area contributed by atoms with Crippen molar-refractivity contribution < 1.29 is 14.3 Å². The number of benzene rings is 2. The van der Waals surface area contributed by atoms with Crippen LogP contribution in [0.15, 0.2) is 48.5 Å². The fourth-order valence-electron chi connectivity index (χ4n) is 2.08. The van der Waals surface area contributed by atoms with Crippen LogP contribution in [0.3, 0.4) is 0 Å². The highest BCUT2D eigenvalue weighted by molar-refractivity contribution is 5.89. The number of carboxylic acids is 1. The summed E-state index contributed by atoms with van der Waals surface area (Å²) in [6.07, 6.45) is 0. The highest BCUT2D eigenvalue weighted by atomic mass is 19.1. The van der Waals surface area contributed by atoms with Crippen LogP contribution in [0.2, 0.25) is 0 Å². The molecule has 2 N–H and O–H groups in total. The lowest BCUT2D eigenvalue weighted by molar-refractivity contribution is 0.0695. The minimum atomic E-state index is -0.957. The number of nitrogens with one attached hydrogen (secondary N) is 1. The van der Waals surface area contributed by atoms with Crippen LogP contribution >= 0.6 is 0 Å². The summed E-state index contributed by atoms with van der Waals surface area (Å²) in [5, 5.41) is 12.3. The van der Waals surface area contributed by atoms with Crippen molar-refractivity contribution in [3.8, 4) is 0 Å². The Morgan fingerprint density at radius 2 is 1.85 bits per heavy atom. The van der Waals surface area contributed by atoms with Gasteiger partial charge in [-0.15, -0.1) is 0 Å². The molecular weight excluding hydrogens is 257 g/mol. The molecule has 1 unspecified atom stereocenters. The fourth-order valence-corrected chi connectivity index (χ4v) is 2.08. The molecule has 0 amide bonds. The van der Waals surface area contributed by atoms with Gasteiger partial charge in [-0.2, -0.15) is 0 Å². The first-order chi connectivity index (χ1) is 9.59. The molecule has 4 heteroatoms. The molecule has 0 aliphatic carbocycles. The van der Waals surface area contributed by atoms with Gasteiger partial charge in [0.15, 0.2) is 0 Å². The number of aromatic carboxylic acids is 1. The normalized spacial score (nSPS) is 12.1. The van der Waals surface area contributed by atoms with Crippen molar-refractivity contribution in [3.05, 3.63) is 71.0 Å². The van der Waals surface area contributed by atoms with Gasteiger partial charge in [0.2, 0.25) is 0 Å². The maximum absolute atomic E-state index is 13.6. The van der Waals surface area contributed by atoms with Gasteiger partial charge in [0.05, 0.1) is 5.56 Å². The van der Waals surface area contributed by atoms with Crippen LogP contribution in [-0.2, 0) is 6.54 Å². The van der Waals surface area contributed by atoms with E-state index >= 15 is 0 Å². The molecule has 0 fully saturated rings. The van der Waals surface area contributed by atoms with Crippen molar-refractivity contribution in [2.24, 2.45) is 0 Å². The third-order valence-electron chi connectivity index (χ3n) is 3.22. The van der Waals surface area contributed by atoms with Crippen molar-refractivity contribution in [3.63, 3.8) is 0 Å². The highest BCUT2D eigenvalue weighted by Crippen LogP contribution is 2.17. The molecule has 0 aromatic heterocycles. The third kappa shape index (κ3) is 3.22. The van der Waals surface area contributed by atoms with Gasteiger partial charge in [-0.25, -0.2) is 9.18 Å². The minimum absolute atomic E-state index is 0.196. The average Bonchev–Trinajstić information content (AvgIpc) is 2.45. The Labute approximate surface area is 117 Å². The summed E-state index contributed by atoms with van der Waals surface area (Å²) in [4.78, 5) is 11.1. The van der Waals surface area contributed by atoms with Gasteiger partial charge in [0.25, 0.3) is 0 Å². The van der Waals surface area contributed by atoms with Gasteiger partial charge < -0.3 is 10.4 Å². The van der Waals surface area contributed by atoms with E-state index in [4.69, 9.17) is 5.11 Å². The summed E-state index contributed by atoms with van der Waals surface area (Å²) >= 11 is 0. The summed E-state index contributed by atoms with van der Waals surface area (Å²) in [5.41, 5.74) is 1.52. The first-order valence-electron chi connectivity index (χ1n) is 6.38. The molecule has 0 radical (unpaired) electrons. The molecule has 3 nitrogen and oxygen atoms in total. The van der Waals surface area contributed by atoms with Gasteiger partial charge in [-0.05, 0) is 24.6 Å². The molecular formula is C16H16FNO2.